The van der Waals surface area contributed by atoms with E-state index in [1.54, 1.807) is 12.1 Å². The monoisotopic (exact) mass is 417 g/mol. The Bertz CT molecular complexity index is 923. The Balaban J connectivity index is 1.96. The van der Waals surface area contributed by atoms with Gasteiger partial charge in [-0.15, -0.1) is 0 Å². The van der Waals surface area contributed by atoms with E-state index in [0.29, 0.717) is 5.56 Å². The zero-order chi connectivity index (χ0) is 22.1. The average molecular weight is 417 g/mol. The summed E-state index contributed by atoms with van der Waals surface area (Å²) in [4.78, 5) is 23.8. The van der Waals surface area contributed by atoms with Gasteiger partial charge in [0.05, 0.1) is 6.67 Å². The minimum absolute atomic E-state index is 0.283. The predicted molar refractivity (Wildman–Crippen MR) is 105 cm³/mol. The van der Waals surface area contributed by atoms with E-state index in [9.17, 15) is 23.5 Å². The topological polar surface area (TPSA) is 111 Å². The zero-order valence-corrected chi connectivity index (χ0v) is 16.0. The lowest BCUT2D eigenvalue weighted by atomic mass is 9.96. The summed E-state index contributed by atoms with van der Waals surface area (Å²) < 4.78 is 25.9. The largest absolute Gasteiger partial charge is 0.382 e. The van der Waals surface area contributed by atoms with Crippen LogP contribution in [0.2, 0.25) is 0 Å². The number of benzene rings is 2. The van der Waals surface area contributed by atoms with Crippen LogP contribution in [0.1, 0.15) is 28.4 Å². The predicted octanol–water partition coefficient (Wildman–Crippen LogP) is 1.25. The molecular weight excluding hydrogens is 396 g/mol. The lowest BCUT2D eigenvalue weighted by Crippen LogP contribution is -2.61. The Labute approximate surface area is 172 Å². The Morgan fingerprint density at radius 3 is 2.13 bits per heavy atom. The first-order chi connectivity index (χ1) is 14.3. The number of aliphatic hydroxyl groups is 1. The van der Waals surface area contributed by atoms with Crippen LogP contribution in [-0.4, -0.2) is 46.9 Å². The maximum Gasteiger partial charge on any atom is 0.268 e. The van der Waals surface area contributed by atoms with Gasteiger partial charge in [0.1, 0.15) is 11.6 Å². The summed E-state index contributed by atoms with van der Waals surface area (Å²) >= 11 is 0. The second-order valence-electron chi connectivity index (χ2n) is 6.52. The van der Waals surface area contributed by atoms with E-state index >= 15 is 0 Å². The summed E-state index contributed by atoms with van der Waals surface area (Å²) in [5, 5.41) is 23.2. The van der Waals surface area contributed by atoms with Crippen LogP contribution in [0.5, 0.6) is 0 Å². The zero-order valence-electron chi connectivity index (χ0n) is 16.0. The molecule has 0 saturated heterocycles. The molecule has 0 saturated carbocycles. The molecule has 0 aliphatic rings. The third kappa shape index (κ3) is 6.09. The first-order valence-corrected chi connectivity index (χ1v) is 8.89. The van der Waals surface area contributed by atoms with E-state index in [-0.39, 0.29) is 5.56 Å². The minimum atomic E-state index is -3.27. The highest BCUT2D eigenvalue weighted by atomic mass is 19.3. The molecule has 0 unspecified atom stereocenters. The third-order valence-corrected chi connectivity index (χ3v) is 4.23. The molecule has 0 spiro atoms. The molecular formula is C21H21F2N3O4. The molecule has 0 radical (unpaired) electrons. The maximum atomic E-state index is 13.0. The van der Waals surface area contributed by atoms with Crippen molar-refractivity contribution in [3.05, 3.63) is 71.3 Å². The normalized spacial score (nSPS) is 13.5. The Hall–Kier alpha value is -3.32. The highest BCUT2D eigenvalue weighted by molar-refractivity contribution is 5.94. The number of hydrogen-bond donors (Lipinski definition) is 5. The molecule has 0 fully saturated rings. The molecule has 2 aromatic carbocycles. The number of nitrogens with one attached hydrogen (secondary N) is 3. The van der Waals surface area contributed by atoms with Crippen LogP contribution >= 0.6 is 0 Å². The molecule has 0 heterocycles. The molecule has 30 heavy (non-hydrogen) atoms. The summed E-state index contributed by atoms with van der Waals surface area (Å²) in [6.07, 6.45) is -3.27. The van der Waals surface area contributed by atoms with Crippen molar-refractivity contribution in [3.63, 3.8) is 0 Å². The molecule has 0 aliphatic heterocycles. The molecule has 0 aliphatic carbocycles. The standard InChI is InChI=1S/C21H21F2N3O4/c1-21(29,20(22)23)17(19(28)26-30)24-13-25-18(27)16-11-9-15(10-12-16)8-7-14-5-3-2-4-6-14/h2-6,9-12,17,20,24,29-30H,13H2,1H3,(H,25,27)(H,26,28)/t17-,21+/m1/s1. The van der Waals surface area contributed by atoms with Gasteiger partial charge in [-0.2, -0.15) is 0 Å². The molecule has 2 atom stereocenters. The summed E-state index contributed by atoms with van der Waals surface area (Å²) in [6, 6.07) is 13.9. The van der Waals surface area contributed by atoms with E-state index in [2.05, 4.69) is 22.5 Å². The van der Waals surface area contributed by atoms with Crippen LogP contribution in [0, 0.1) is 11.8 Å². The van der Waals surface area contributed by atoms with Crippen molar-refractivity contribution in [3.8, 4) is 11.8 Å². The number of halogens is 2. The van der Waals surface area contributed by atoms with E-state index in [0.717, 1.165) is 12.5 Å². The molecule has 5 N–H and O–H groups in total. The fraction of sp³-hybridized carbons (Fsp3) is 0.238. The van der Waals surface area contributed by atoms with Gasteiger partial charge in [0, 0.05) is 16.7 Å². The number of hydrogen-bond acceptors (Lipinski definition) is 5. The van der Waals surface area contributed by atoms with Crippen LogP contribution < -0.4 is 16.1 Å². The first kappa shape index (κ1) is 23.0. The quantitative estimate of drug-likeness (QED) is 0.202. The lowest BCUT2D eigenvalue weighted by Gasteiger charge is -2.31. The van der Waals surface area contributed by atoms with Crippen molar-refractivity contribution in [2.45, 2.75) is 25.0 Å². The lowest BCUT2D eigenvalue weighted by molar-refractivity contribution is -0.150. The van der Waals surface area contributed by atoms with Gasteiger partial charge < -0.3 is 10.4 Å². The molecule has 9 heteroatoms. The number of hydroxylamine groups is 1. The SMILES string of the molecule is C[C@@](O)(C(F)F)[C@H](NCNC(=O)c1ccc(C#Cc2ccccc2)cc1)C(=O)NO. The molecule has 2 rings (SSSR count). The van der Waals surface area contributed by atoms with Gasteiger partial charge in [-0.1, -0.05) is 30.0 Å². The summed E-state index contributed by atoms with van der Waals surface area (Å²) in [5.74, 6) is 4.16. The minimum Gasteiger partial charge on any atom is -0.382 e. The number of amides is 2. The number of carbonyl (C=O) groups excluding carboxylic acids is 2. The Morgan fingerprint density at radius 2 is 1.60 bits per heavy atom. The highest BCUT2D eigenvalue weighted by Gasteiger charge is 2.44. The van der Waals surface area contributed by atoms with Crippen LogP contribution in [0.15, 0.2) is 54.6 Å². The molecule has 0 aromatic heterocycles. The van der Waals surface area contributed by atoms with E-state index in [1.807, 2.05) is 30.3 Å². The second-order valence-corrected chi connectivity index (χ2v) is 6.52. The molecule has 2 aromatic rings. The van der Waals surface area contributed by atoms with Crippen molar-refractivity contribution in [1.82, 2.24) is 16.1 Å². The summed E-state index contributed by atoms with van der Waals surface area (Å²) in [7, 11) is 0. The van der Waals surface area contributed by atoms with E-state index in [1.165, 1.54) is 17.6 Å². The van der Waals surface area contributed by atoms with Crippen LogP contribution in [0.25, 0.3) is 0 Å². The van der Waals surface area contributed by atoms with Crippen LogP contribution in [0.4, 0.5) is 8.78 Å². The Morgan fingerprint density at radius 1 is 1.03 bits per heavy atom. The molecule has 7 nitrogen and oxygen atoms in total. The molecule has 2 amide bonds. The van der Waals surface area contributed by atoms with Crippen molar-refractivity contribution >= 4 is 11.8 Å². The average Bonchev–Trinajstić information content (AvgIpc) is 2.75. The third-order valence-electron chi connectivity index (χ3n) is 4.23. The van der Waals surface area contributed by atoms with Crippen molar-refractivity contribution in [1.29, 1.82) is 0 Å². The highest BCUT2D eigenvalue weighted by Crippen LogP contribution is 2.19. The summed E-state index contributed by atoms with van der Waals surface area (Å²) in [5.41, 5.74) is 0.270. The van der Waals surface area contributed by atoms with Gasteiger partial charge in [-0.05, 0) is 43.3 Å². The van der Waals surface area contributed by atoms with E-state index < -0.39 is 36.6 Å². The van der Waals surface area contributed by atoms with Crippen molar-refractivity contribution in [2.75, 3.05) is 6.67 Å². The smallest absolute Gasteiger partial charge is 0.268 e. The summed E-state index contributed by atoms with van der Waals surface area (Å²) in [6.45, 7) is 0.330. The van der Waals surface area contributed by atoms with Gasteiger partial charge in [0.25, 0.3) is 18.2 Å². The number of rotatable bonds is 7. The van der Waals surface area contributed by atoms with Gasteiger partial charge in [0.2, 0.25) is 0 Å². The molecule has 158 valence electrons. The van der Waals surface area contributed by atoms with Crippen LogP contribution in [-0.2, 0) is 4.79 Å². The Kier molecular flexibility index (Phi) is 8.00. The van der Waals surface area contributed by atoms with Crippen molar-refractivity contribution < 1.29 is 28.7 Å². The second kappa shape index (κ2) is 10.5. The van der Waals surface area contributed by atoms with Gasteiger partial charge in [-0.25, -0.2) is 14.3 Å². The first-order valence-electron chi connectivity index (χ1n) is 8.89. The number of carbonyl (C=O) groups is 2. The van der Waals surface area contributed by atoms with Crippen molar-refractivity contribution in [2.24, 2.45) is 0 Å². The fourth-order valence-electron chi connectivity index (χ4n) is 2.46. The van der Waals surface area contributed by atoms with Gasteiger partial charge in [-0.3, -0.25) is 20.1 Å². The van der Waals surface area contributed by atoms with E-state index in [4.69, 9.17) is 5.21 Å². The van der Waals surface area contributed by atoms with Gasteiger partial charge in [0.15, 0.2) is 0 Å². The number of alkyl halides is 2. The van der Waals surface area contributed by atoms with Gasteiger partial charge >= 0.3 is 0 Å². The maximum absolute atomic E-state index is 13.0. The fourth-order valence-corrected chi connectivity index (χ4v) is 2.46. The van der Waals surface area contributed by atoms with Crippen LogP contribution in [0.3, 0.4) is 0 Å². The molecule has 0 bridgehead atoms.